The van der Waals surface area contributed by atoms with Gasteiger partial charge in [0.15, 0.2) is 0 Å². The molecule has 1 amide bonds. The van der Waals surface area contributed by atoms with Crippen molar-refractivity contribution in [1.29, 1.82) is 0 Å². The molecule has 0 unspecified atom stereocenters. The molecule has 1 aromatic heterocycles. The Bertz CT molecular complexity index is 1160. The fraction of sp³-hybridized carbons (Fsp3) is 0.286. The second kappa shape index (κ2) is 8.02. The topological polar surface area (TPSA) is 73.1 Å². The normalized spacial score (nSPS) is 12.1. The fourth-order valence-electron chi connectivity index (χ4n) is 3.05. The Morgan fingerprint density at radius 3 is 2.61 bits per heavy atom. The number of aromatic nitrogens is 2. The zero-order valence-corrected chi connectivity index (χ0v) is 16.8. The van der Waals surface area contributed by atoms with Crippen LogP contribution in [0.4, 0.5) is 0 Å². The Morgan fingerprint density at radius 2 is 1.93 bits per heavy atom. The predicted molar refractivity (Wildman–Crippen MR) is 111 cm³/mol. The molecule has 7 heteroatoms. The van der Waals surface area contributed by atoms with E-state index in [1.165, 1.54) is 10.6 Å². The van der Waals surface area contributed by atoms with Crippen molar-refractivity contribution < 1.29 is 4.79 Å². The number of hydrogen-bond donors (Lipinski definition) is 1. The van der Waals surface area contributed by atoms with Gasteiger partial charge >= 0.3 is 5.69 Å². The van der Waals surface area contributed by atoms with Crippen molar-refractivity contribution in [2.75, 3.05) is 0 Å². The molecule has 2 aromatic carbocycles. The standard InChI is InChI=1S/C21H22ClN3O3/c1-4-14(3)23-19(26)12-24-18-11-15(22)8-9-17(18)20(27)25(21(24)28)16-7-5-6-13(2)10-16/h5-11,14H,4,12H2,1-3H3,(H,23,26)/t14-/m0/s1. The Hall–Kier alpha value is -2.86. The number of benzene rings is 2. The molecule has 146 valence electrons. The Kier molecular flexibility index (Phi) is 5.70. The third-order valence-electron chi connectivity index (χ3n) is 4.69. The van der Waals surface area contributed by atoms with Crippen LogP contribution in [-0.4, -0.2) is 21.1 Å². The van der Waals surface area contributed by atoms with Crippen LogP contribution in [0.1, 0.15) is 25.8 Å². The monoisotopic (exact) mass is 399 g/mol. The average molecular weight is 400 g/mol. The molecule has 0 aliphatic carbocycles. The van der Waals surface area contributed by atoms with Gasteiger partial charge in [-0.25, -0.2) is 9.36 Å². The summed E-state index contributed by atoms with van der Waals surface area (Å²) in [4.78, 5) is 38.7. The number of halogens is 1. The molecule has 3 rings (SSSR count). The van der Waals surface area contributed by atoms with Crippen LogP contribution in [0.3, 0.4) is 0 Å². The molecule has 28 heavy (non-hydrogen) atoms. The number of carbonyl (C=O) groups excluding carboxylic acids is 1. The first-order valence-corrected chi connectivity index (χ1v) is 9.51. The third kappa shape index (κ3) is 3.87. The van der Waals surface area contributed by atoms with Gasteiger partial charge in [0.2, 0.25) is 5.91 Å². The van der Waals surface area contributed by atoms with E-state index in [2.05, 4.69) is 5.32 Å². The van der Waals surface area contributed by atoms with Crippen molar-refractivity contribution >= 4 is 28.4 Å². The summed E-state index contributed by atoms with van der Waals surface area (Å²) in [7, 11) is 0. The van der Waals surface area contributed by atoms with E-state index in [0.29, 0.717) is 21.6 Å². The molecule has 0 radical (unpaired) electrons. The molecule has 3 aromatic rings. The minimum absolute atomic E-state index is 0.0132. The van der Waals surface area contributed by atoms with Gasteiger partial charge in [-0.15, -0.1) is 0 Å². The first-order chi connectivity index (χ1) is 13.3. The van der Waals surface area contributed by atoms with Crippen LogP contribution in [0.5, 0.6) is 0 Å². The lowest BCUT2D eigenvalue weighted by Gasteiger charge is -2.16. The van der Waals surface area contributed by atoms with Crippen LogP contribution in [0.15, 0.2) is 52.1 Å². The van der Waals surface area contributed by atoms with Crippen LogP contribution < -0.4 is 16.6 Å². The molecule has 1 atom stereocenters. The van der Waals surface area contributed by atoms with Gasteiger partial charge in [-0.1, -0.05) is 30.7 Å². The molecule has 0 spiro atoms. The SMILES string of the molecule is CC[C@H](C)NC(=O)Cn1c(=O)n(-c2cccc(C)c2)c(=O)c2ccc(Cl)cc21. The lowest BCUT2D eigenvalue weighted by molar-refractivity contribution is -0.122. The van der Waals surface area contributed by atoms with E-state index in [9.17, 15) is 14.4 Å². The molecule has 1 N–H and O–H groups in total. The molecular formula is C21H22ClN3O3. The summed E-state index contributed by atoms with van der Waals surface area (Å²) in [5.41, 5.74) is 0.695. The van der Waals surface area contributed by atoms with E-state index in [-0.39, 0.29) is 18.5 Å². The summed E-state index contributed by atoms with van der Waals surface area (Å²) in [5.74, 6) is -0.299. The van der Waals surface area contributed by atoms with E-state index in [4.69, 9.17) is 11.6 Å². The first kappa shape index (κ1) is 19.9. The highest BCUT2D eigenvalue weighted by molar-refractivity contribution is 6.31. The predicted octanol–water partition coefficient (Wildman–Crippen LogP) is 3.03. The van der Waals surface area contributed by atoms with Crippen LogP contribution in [0, 0.1) is 6.92 Å². The van der Waals surface area contributed by atoms with E-state index < -0.39 is 11.2 Å². The first-order valence-electron chi connectivity index (χ1n) is 9.13. The highest BCUT2D eigenvalue weighted by Crippen LogP contribution is 2.17. The van der Waals surface area contributed by atoms with E-state index >= 15 is 0 Å². The number of nitrogens with zero attached hydrogens (tertiary/aromatic N) is 2. The van der Waals surface area contributed by atoms with Gasteiger partial charge in [0.1, 0.15) is 6.54 Å². The second-order valence-electron chi connectivity index (χ2n) is 6.89. The molecule has 0 aliphatic heterocycles. The quantitative estimate of drug-likeness (QED) is 0.716. The van der Waals surface area contributed by atoms with Gasteiger partial charge in [0, 0.05) is 11.1 Å². The number of amides is 1. The van der Waals surface area contributed by atoms with Crippen molar-refractivity contribution in [3.8, 4) is 5.69 Å². The Labute approximate surface area is 167 Å². The van der Waals surface area contributed by atoms with E-state index in [1.807, 2.05) is 26.8 Å². The zero-order valence-electron chi connectivity index (χ0n) is 16.0. The number of hydrogen-bond acceptors (Lipinski definition) is 3. The van der Waals surface area contributed by atoms with Gasteiger partial charge in [-0.05, 0) is 56.2 Å². The fourth-order valence-corrected chi connectivity index (χ4v) is 3.22. The number of rotatable bonds is 5. The van der Waals surface area contributed by atoms with Crippen molar-refractivity contribution in [3.05, 3.63) is 73.9 Å². The van der Waals surface area contributed by atoms with E-state index in [1.54, 1.807) is 30.3 Å². The maximum atomic E-state index is 13.2. The molecular weight excluding hydrogens is 378 g/mol. The number of nitrogens with one attached hydrogen (secondary N) is 1. The van der Waals surface area contributed by atoms with Crippen molar-refractivity contribution in [2.24, 2.45) is 0 Å². The van der Waals surface area contributed by atoms with Gasteiger partial charge in [0.05, 0.1) is 16.6 Å². The van der Waals surface area contributed by atoms with Crippen molar-refractivity contribution in [1.82, 2.24) is 14.5 Å². The molecule has 0 bridgehead atoms. The summed E-state index contributed by atoms with van der Waals surface area (Å²) in [5, 5.41) is 3.55. The smallest absolute Gasteiger partial charge is 0.336 e. The minimum atomic E-state index is -0.579. The zero-order chi connectivity index (χ0) is 20.4. The van der Waals surface area contributed by atoms with Gasteiger partial charge < -0.3 is 5.32 Å². The summed E-state index contributed by atoms with van der Waals surface area (Å²) >= 11 is 6.09. The largest absolute Gasteiger partial charge is 0.352 e. The van der Waals surface area contributed by atoms with Gasteiger partial charge in [0.25, 0.3) is 5.56 Å². The van der Waals surface area contributed by atoms with Crippen LogP contribution in [0.2, 0.25) is 5.02 Å². The maximum Gasteiger partial charge on any atom is 0.336 e. The minimum Gasteiger partial charge on any atom is -0.352 e. The van der Waals surface area contributed by atoms with Gasteiger partial charge in [-0.2, -0.15) is 0 Å². The lowest BCUT2D eigenvalue weighted by atomic mass is 10.2. The highest BCUT2D eigenvalue weighted by Gasteiger charge is 2.17. The summed E-state index contributed by atoms with van der Waals surface area (Å²) < 4.78 is 2.39. The lowest BCUT2D eigenvalue weighted by Crippen LogP contribution is -2.43. The molecule has 6 nitrogen and oxygen atoms in total. The number of carbonyl (C=O) groups is 1. The average Bonchev–Trinajstić information content (AvgIpc) is 2.65. The third-order valence-corrected chi connectivity index (χ3v) is 4.92. The highest BCUT2D eigenvalue weighted by atomic mass is 35.5. The molecule has 0 fully saturated rings. The summed E-state index contributed by atoms with van der Waals surface area (Å²) in [6.45, 7) is 5.53. The second-order valence-corrected chi connectivity index (χ2v) is 7.32. The number of fused-ring (bicyclic) bond motifs is 1. The Balaban J connectivity index is 2.26. The van der Waals surface area contributed by atoms with Crippen molar-refractivity contribution in [2.45, 2.75) is 39.8 Å². The van der Waals surface area contributed by atoms with Crippen molar-refractivity contribution in [3.63, 3.8) is 0 Å². The Morgan fingerprint density at radius 1 is 1.18 bits per heavy atom. The molecule has 1 heterocycles. The summed E-state index contributed by atoms with van der Waals surface area (Å²) in [6.07, 6.45) is 0.774. The van der Waals surface area contributed by atoms with Crippen LogP contribution in [0.25, 0.3) is 16.6 Å². The molecule has 0 aliphatic rings. The van der Waals surface area contributed by atoms with Crippen LogP contribution in [-0.2, 0) is 11.3 Å². The maximum absolute atomic E-state index is 13.2. The molecule has 0 saturated carbocycles. The molecule has 0 saturated heterocycles. The van der Waals surface area contributed by atoms with Crippen LogP contribution >= 0.6 is 11.6 Å². The van der Waals surface area contributed by atoms with E-state index in [0.717, 1.165) is 16.6 Å². The summed E-state index contributed by atoms with van der Waals surface area (Å²) in [6, 6.07) is 11.8. The van der Waals surface area contributed by atoms with Gasteiger partial charge in [-0.3, -0.25) is 14.2 Å². The number of aryl methyl sites for hydroxylation is 1.